The Hall–Kier alpha value is -1.13. The van der Waals surface area contributed by atoms with Crippen molar-refractivity contribution in [2.24, 2.45) is 0 Å². The van der Waals surface area contributed by atoms with Gasteiger partial charge in [-0.05, 0) is 22.6 Å². The maximum atomic E-state index is 13.5. The molecule has 1 heterocycles. The van der Waals surface area contributed by atoms with E-state index in [1.165, 1.54) is 0 Å². The molecule has 0 saturated carbocycles. The van der Waals surface area contributed by atoms with Gasteiger partial charge in [0.2, 0.25) is 0 Å². The molecule has 1 aromatic rings. The van der Waals surface area contributed by atoms with E-state index in [4.69, 9.17) is 5.11 Å². The molecule has 0 fully saturated rings. The molecule has 1 N–H and O–H groups in total. The van der Waals surface area contributed by atoms with Gasteiger partial charge in [-0.3, -0.25) is 4.79 Å². The number of carboxylic acid groups (broad SMARTS) is 1. The lowest BCUT2D eigenvalue weighted by molar-refractivity contribution is -0.277. The highest BCUT2D eigenvalue weighted by Gasteiger charge is 2.34. The van der Waals surface area contributed by atoms with Crippen LogP contribution in [0, 0.1) is 9.39 Å². The van der Waals surface area contributed by atoms with Gasteiger partial charge in [-0.25, -0.2) is 9.37 Å². The van der Waals surface area contributed by atoms with Crippen LogP contribution < -0.4 is 4.74 Å². The van der Waals surface area contributed by atoms with Crippen LogP contribution in [0.1, 0.15) is 5.56 Å². The van der Waals surface area contributed by atoms with Crippen LogP contribution in [0.5, 0.6) is 5.88 Å². The first-order valence-electron chi connectivity index (χ1n) is 4.01. The summed E-state index contributed by atoms with van der Waals surface area (Å²) in [7, 11) is 0. The molecule has 0 atom stereocenters. The fraction of sp³-hybridized carbons (Fsp3) is 0.250. The summed E-state index contributed by atoms with van der Waals surface area (Å²) in [4.78, 5) is 13.5. The SMILES string of the molecule is O=C(O)Cc1c(I)cnc(OC(F)(F)F)c1F. The lowest BCUT2D eigenvalue weighted by Crippen LogP contribution is -2.20. The number of carboxylic acids is 1. The van der Waals surface area contributed by atoms with Crippen molar-refractivity contribution in [2.75, 3.05) is 0 Å². The molecule has 0 saturated heterocycles. The Morgan fingerprint density at radius 1 is 1.53 bits per heavy atom. The number of hydrogen-bond acceptors (Lipinski definition) is 3. The molecule has 0 amide bonds. The molecule has 17 heavy (non-hydrogen) atoms. The minimum atomic E-state index is -5.08. The van der Waals surface area contributed by atoms with Crippen molar-refractivity contribution in [3.8, 4) is 5.88 Å². The average molecular weight is 365 g/mol. The third-order valence-corrected chi connectivity index (χ3v) is 2.51. The highest BCUT2D eigenvalue weighted by Crippen LogP contribution is 2.27. The van der Waals surface area contributed by atoms with Crippen LogP contribution in [0.2, 0.25) is 0 Å². The average Bonchev–Trinajstić information content (AvgIpc) is 2.15. The van der Waals surface area contributed by atoms with Crippen molar-refractivity contribution < 1.29 is 32.2 Å². The summed E-state index contributed by atoms with van der Waals surface area (Å²) in [5.41, 5.74) is -0.396. The van der Waals surface area contributed by atoms with Crippen LogP contribution in [-0.4, -0.2) is 22.4 Å². The van der Waals surface area contributed by atoms with Gasteiger partial charge in [0.15, 0.2) is 5.82 Å². The Balaban J connectivity index is 3.14. The summed E-state index contributed by atoms with van der Waals surface area (Å²) >= 11 is 1.57. The van der Waals surface area contributed by atoms with E-state index in [2.05, 4.69) is 9.72 Å². The summed E-state index contributed by atoms with van der Waals surface area (Å²) in [6.07, 6.45) is -4.93. The number of nitrogens with zero attached hydrogens (tertiary/aromatic N) is 1. The second-order valence-corrected chi connectivity index (χ2v) is 3.98. The van der Waals surface area contributed by atoms with Gasteiger partial charge in [0, 0.05) is 15.3 Å². The molecular weight excluding hydrogens is 361 g/mol. The lowest BCUT2D eigenvalue weighted by Gasteiger charge is -2.11. The first kappa shape index (κ1) is 13.9. The second kappa shape index (κ2) is 5.02. The Morgan fingerprint density at radius 3 is 2.59 bits per heavy atom. The Kier molecular flexibility index (Phi) is 4.11. The van der Waals surface area contributed by atoms with Gasteiger partial charge in [0.25, 0.3) is 5.88 Å². The van der Waals surface area contributed by atoms with E-state index in [1.807, 2.05) is 0 Å². The monoisotopic (exact) mass is 365 g/mol. The predicted molar refractivity (Wildman–Crippen MR) is 54.9 cm³/mol. The minimum Gasteiger partial charge on any atom is -0.481 e. The number of ether oxygens (including phenoxy) is 1. The molecule has 0 spiro atoms. The number of halogens is 5. The van der Waals surface area contributed by atoms with Crippen molar-refractivity contribution in [2.45, 2.75) is 12.8 Å². The Bertz CT molecular complexity index is 449. The zero-order valence-electron chi connectivity index (χ0n) is 7.89. The maximum absolute atomic E-state index is 13.5. The molecule has 0 aliphatic heterocycles. The topological polar surface area (TPSA) is 59.4 Å². The number of aromatic nitrogens is 1. The normalized spacial score (nSPS) is 11.4. The van der Waals surface area contributed by atoms with E-state index in [0.29, 0.717) is 0 Å². The molecule has 9 heteroatoms. The number of pyridine rings is 1. The first-order valence-corrected chi connectivity index (χ1v) is 5.09. The van der Waals surface area contributed by atoms with Gasteiger partial charge in [-0.15, -0.1) is 13.2 Å². The smallest absolute Gasteiger partial charge is 0.481 e. The number of aliphatic carboxylic acids is 1. The molecule has 0 aromatic carbocycles. The third-order valence-electron chi connectivity index (χ3n) is 1.58. The highest BCUT2D eigenvalue weighted by molar-refractivity contribution is 14.1. The van der Waals surface area contributed by atoms with Crippen molar-refractivity contribution in [1.82, 2.24) is 4.98 Å². The summed E-state index contributed by atoms with van der Waals surface area (Å²) in [5.74, 6) is -4.07. The van der Waals surface area contributed by atoms with Crippen LogP contribution in [-0.2, 0) is 11.2 Å². The van der Waals surface area contributed by atoms with Gasteiger partial charge in [-0.2, -0.15) is 0 Å². The molecule has 4 nitrogen and oxygen atoms in total. The summed E-state index contributed by atoms with van der Waals surface area (Å²) < 4.78 is 52.5. The van der Waals surface area contributed by atoms with E-state index in [9.17, 15) is 22.4 Å². The fourth-order valence-corrected chi connectivity index (χ4v) is 1.54. The molecule has 0 aliphatic carbocycles. The molecule has 0 unspecified atom stereocenters. The van der Waals surface area contributed by atoms with Gasteiger partial charge in [0.1, 0.15) is 0 Å². The molecule has 1 rings (SSSR count). The predicted octanol–water partition coefficient (Wildman–Crippen LogP) is 2.35. The molecule has 94 valence electrons. The quantitative estimate of drug-likeness (QED) is 0.660. The first-order chi connectivity index (χ1) is 7.70. The number of alkyl halides is 3. The van der Waals surface area contributed by atoms with Crippen molar-refractivity contribution >= 4 is 28.6 Å². The van der Waals surface area contributed by atoms with Crippen LogP contribution in [0.4, 0.5) is 17.6 Å². The zero-order chi connectivity index (χ0) is 13.2. The van der Waals surface area contributed by atoms with Gasteiger partial charge in [0.05, 0.1) is 6.42 Å². The van der Waals surface area contributed by atoms with Crippen LogP contribution >= 0.6 is 22.6 Å². The summed E-state index contributed by atoms with van der Waals surface area (Å²) in [6, 6.07) is 0. The van der Waals surface area contributed by atoms with Crippen LogP contribution in [0.3, 0.4) is 0 Å². The zero-order valence-corrected chi connectivity index (χ0v) is 10.0. The van der Waals surface area contributed by atoms with Crippen molar-refractivity contribution in [1.29, 1.82) is 0 Å². The summed E-state index contributed by atoms with van der Waals surface area (Å²) in [6.45, 7) is 0. The maximum Gasteiger partial charge on any atom is 0.574 e. The number of hydrogen-bond donors (Lipinski definition) is 1. The van der Waals surface area contributed by atoms with Crippen molar-refractivity contribution in [3.05, 3.63) is 21.1 Å². The van der Waals surface area contributed by atoms with Crippen molar-refractivity contribution in [3.63, 3.8) is 0 Å². The lowest BCUT2D eigenvalue weighted by atomic mass is 10.2. The molecule has 1 aromatic heterocycles. The van der Waals surface area contributed by atoms with E-state index in [-0.39, 0.29) is 3.57 Å². The van der Waals surface area contributed by atoms with Crippen LogP contribution in [0.25, 0.3) is 0 Å². The number of carbonyl (C=O) groups is 1. The molecule has 0 radical (unpaired) electrons. The van der Waals surface area contributed by atoms with Crippen LogP contribution in [0.15, 0.2) is 6.20 Å². The van der Waals surface area contributed by atoms with E-state index < -0.39 is 36.0 Å². The van der Waals surface area contributed by atoms with Gasteiger partial charge < -0.3 is 9.84 Å². The second-order valence-electron chi connectivity index (χ2n) is 2.82. The van der Waals surface area contributed by atoms with E-state index >= 15 is 0 Å². The standard InChI is InChI=1S/C8H4F4INO3/c9-6-3(1-5(15)16)4(13)2-14-7(6)17-8(10,11)12/h2H,1H2,(H,15,16). The third kappa shape index (κ3) is 3.98. The Labute approximate surface area is 106 Å². The summed E-state index contributed by atoms with van der Waals surface area (Å²) in [5, 5.41) is 8.49. The molecular formula is C8H4F4INO3. The highest BCUT2D eigenvalue weighted by atomic mass is 127. The number of rotatable bonds is 3. The van der Waals surface area contributed by atoms with E-state index in [1.54, 1.807) is 22.6 Å². The van der Waals surface area contributed by atoms with Gasteiger partial charge in [-0.1, -0.05) is 0 Å². The largest absolute Gasteiger partial charge is 0.574 e. The van der Waals surface area contributed by atoms with Gasteiger partial charge >= 0.3 is 12.3 Å². The van der Waals surface area contributed by atoms with E-state index in [0.717, 1.165) is 6.20 Å². The minimum absolute atomic E-state index is 0.108. The molecule has 0 aliphatic rings. The fourth-order valence-electron chi connectivity index (χ4n) is 0.978. The Morgan fingerprint density at radius 2 is 2.12 bits per heavy atom. The molecule has 0 bridgehead atoms.